The molecule has 18 heavy (non-hydrogen) atoms. The zero-order chi connectivity index (χ0) is 13.0. The summed E-state index contributed by atoms with van der Waals surface area (Å²) in [6.45, 7) is 0.835. The number of nitrogens with two attached hydrogens (primary N) is 1. The second kappa shape index (κ2) is 5.33. The van der Waals surface area contributed by atoms with Crippen molar-refractivity contribution in [2.45, 2.75) is 0 Å². The Bertz CT molecular complexity index is 617. The van der Waals surface area contributed by atoms with Gasteiger partial charge in [0.25, 0.3) is 5.56 Å². The number of nitrogens with one attached hydrogen (secondary N) is 2. The molecule has 6 nitrogen and oxygen atoms in total. The highest BCUT2D eigenvalue weighted by atomic mass is 16.5. The number of H-pyrrole nitrogens is 2. The lowest BCUT2D eigenvalue weighted by Gasteiger charge is -2.06. The van der Waals surface area contributed by atoms with Crippen LogP contribution in [0.3, 0.4) is 0 Å². The molecule has 1 heterocycles. The molecule has 6 heteroatoms. The Hall–Kier alpha value is -2.34. The Morgan fingerprint density at radius 1 is 1.17 bits per heavy atom. The van der Waals surface area contributed by atoms with Crippen molar-refractivity contribution in [2.75, 3.05) is 13.2 Å². The summed E-state index contributed by atoms with van der Waals surface area (Å²) in [6.07, 6.45) is 0. The van der Waals surface area contributed by atoms with Crippen LogP contribution in [0.5, 0.6) is 5.75 Å². The second-order valence-electron chi connectivity index (χ2n) is 3.67. The van der Waals surface area contributed by atoms with Crippen LogP contribution in [0.1, 0.15) is 0 Å². The van der Waals surface area contributed by atoms with E-state index in [0.717, 1.165) is 0 Å². The molecule has 2 aromatic rings. The Morgan fingerprint density at radius 3 is 2.72 bits per heavy atom. The van der Waals surface area contributed by atoms with Crippen LogP contribution in [-0.2, 0) is 0 Å². The molecule has 0 spiro atoms. The molecule has 0 saturated carbocycles. The molecule has 0 unspecified atom stereocenters. The predicted molar refractivity (Wildman–Crippen MR) is 67.7 cm³/mol. The van der Waals surface area contributed by atoms with E-state index in [2.05, 4.69) is 9.97 Å². The average molecular weight is 247 g/mol. The number of benzene rings is 1. The van der Waals surface area contributed by atoms with E-state index in [1.54, 1.807) is 24.3 Å². The van der Waals surface area contributed by atoms with E-state index >= 15 is 0 Å². The molecule has 94 valence electrons. The van der Waals surface area contributed by atoms with Crippen LogP contribution in [0.25, 0.3) is 11.3 Å². The first-order chi connectivity index (χ1) is 8.69. The number of aromatic nitrogens is 2. The first-order valence-corrected chi connectivity index (χ1v) is 5.46. The molecule has 0 aliphatic carbocycles. The molecule has 0 bridgehead atoms. The quantitative estimate of drug-likeness (QED) is 0.711. The molecule has 0 saturated heterocycles. The first-order valence-electron chi connectivity index (χ1n) is 5.46. The van der Waals surface area contributed by atoms with E-state index in [0.29, 0.717) is 30.2 Å². The lowest BCUT2D eigenvalue weighted by Crippen LogP contribution is -2.21. The maximum atomic E-state index is 11.2. The normalized spacial score (nSPS) is 10.3. The first kappa shape index (κ1) is 12.1. The van der Waals surface area contributed by atoms with Gasteiger partial charge >= 0.3 is 5.69 Å². The molecular weight excluding hydrogens is 234 g/mol. The smallest absolute Gasteiger partial charge is 0.326 e. The Labute approximate surface area is 102 Å². The van der Waals surface area contributed by atoms with E-state index in [1.807, 2.05) is 0 Å². The molecule has 0 fully saturated rings. The topological polar surface area (TPSA) is 101 Å². The molecule has 0 atom stereocenters. The lowest BCUT2D eigenvalue weighted by molar-refractivity contribution is 0.328. The second-order valence-corrected chi connectivity index (χ2v) is 3.67. The van der Waals surface area contributed by atoms with Gasteiger partial charge in [-0.05, 0) is 12.1 Å². The van der Waals surface area contributed by atoms with Crippen molar-refractivity contribution in [2.24, 2.45) is 5.73 Å². The van der Waals surface area contributed by atoms with E-state index in [-0.39, 0.29) is 0 Å². The van der Waals surface area contributed by atoms with E-state index in [1.165, 1.54) is 6.07 Å². The van der Waals surface area contributed by atoms with Crippen LogP contribution in [0, 0.1) is 0 Å². The molecule has 1 aromatic heterocycles. The summed E-state index contributed by atoms with van der Waals surface area (Å²) in [5.41, 5.74) is 5.52. The fourth-order valence-electron chi connectivity index (χ4n) is 1.55. The van der Waals surface area contributed by atoms with Crippen LogP contribution >= 0.6 is 0 Å². The van der Waals surface area contributed by atoms with Gasteiger partial charge in [0.05, 0.1) is 5.69 Å². The van der Waals surface area contributed by atoms with Gasteiger partial charge < -0.3 is 15.5 Å². The van der Waals surface area contributed by atoms with Crippen molar-refractivity contribution in [3.05, 3.63) is 51.2 Å². The van der Waals surface area contributed by atoms with Crippen LogP contribution in [0.4, 0.5) is 0 Å². The van der Waals surface area contributed by atoms with Gasteiger partial charge in [-0.25, -0.2) is 4.79 Å². The van der Waals surface area contributed by atoms with Gasteiger partial charge in [0, 0.05) is 18.2 Å². The highest BCUT2D eigenvalue weighted by Gasteiger charge is 2.02. The SMILES string of the molecule is NCCOc1cccc(-c2cc(=O)[nH]c(=O)[nH]2)c1. The molecule has 0 radical (unpaired) electrons. The van der Waals surface area contributed by atoms with Gasteiger partial charge in [0.1, 0.15) is 12.4 Å². The van der Waals surface area contributed by atoms with Crippen LogP contribution < -0.4 is 21.7 Å². The maximum Gasteiger partial charge on any atom is 0.326 e. The third kappa shape index (κ3) is 2.86. The van der Waals surface area contributed by atoms with Gasteiger partial charge in [-0.3, -0.25) is 9.78 Å². The number of rotatable bonds is 4. The predicted octanol–water partition coefficient (Wildman–Crippen LogP) is 0.0677. The number of hydrogen-bond acceptors (Lipinski definition) is 4. The molecule has 2 rings (SSSR count). The zero-order valence-electron chi connectivity index (χ0n) is 9.60. The summed E-state index contributed by atoms with van der Waals surface area (Å²) < 4.78 is 5.37. The molecule has 1 aromatic carbocycles. The van der Waals surface area contributed by atoms with E-state index < -0.39 is 11.2 Å². The zero-order valence-corrected chi connectivity index (χ0v) is 9.60. The van der Waals surface area contributed by atoms with Crippen molar-refractivity contribution in [3.8, 4) is 17.0 Å². The summed E-state index contributed by atoms with van der Waals surface area (Å²) in [5, 5.41) is 0. The van der Waals surface area contributed by atoms with Crippen molar-refractivity contribution in [1.82, 2.24) is 9.97 Å². The largest absolute Gasteiger partial charge is 0.492 e. The Kier molecular flexibility index (Phi) is 3.59. The van der Waals surface area contributed by atoms with Gasteiger partial charge in [-0.1, -0.05) is 12.1 Å². The van der Waals surface area contributed by atoms with Crippen LogP contribution in [-0.4, -0.2) is 23.1 Å². The number of aromatic amines is 2. The Morgan fingerprint density at radius 2 is 2.00 bits per heavy atom. The Balaban J connectivity index is 2.38. The van der Waals surface area contributed by atoms with Crippen LogP contribution in [0.15, 0.2) is 39.9 Å². The lowest BCUT2D eigenvalue weighted by atomic mass is 10.1. The molecule has 0 amide bonds. The highest BCUT2D eigenvalue weighted by molar-refractivity contribution is 5.60. The summed E-state index contributed by atoms with van der Waals surface area (Å²) in [5.74, 6) is 0.638. The van der Waals surface area contributed by atoms with Crippen molar-refractivity contribution in [1.29, 1.82) is 0 Å². The molecule has 4 N–H and O–H groups in total. The van der Waals surface area contributed by atoms with Crippen molar-refractivity contribution in [3.63, 3.8) is 0 Å². The average Bonchev–Trinajstić information content (AvgIpc) is 2.35. The summed E-state index contributed by atoms with van der Waals surface area (Å²) in [4.78, 5) is 27.1. The summed E-state index contributed by atoms with van der Waals surface area (Å²) >= 11 is 0. The molecule has 0 aliphatic rings. The minimum Gasteiger partial charge on any atom is -0.492 e. The van der Waals surface area contributed by atoms with Gasteiger partial charge in [-0.15, -0.1) is 0 Å². The number of hydrogen-bond donors (Lipinski definition) is 3. The molecular formula is C12H13N3O3. The van der Waals surface area contributed by atoms with Crippen molar-refractivity contribution < 1.29 is 4.74 Å². The summed E-state index contributed by atoms with van der Waals surface area (Å²) in [7, 11) is 0. The maximum absolute atomic E-state index is 11.2. The highest BCUT2D eigenvalue weighted by Crippen LogP contribution is 2.20. The van der Waals surface area contributed by atoms with Gasteiger partial charge in [0.15, 0.2) is 0 Å². The third-order valence-corrected chi connectivity index (χ3v) is 2.29. The van der Waals surface area contributed by atoms with Gasteiger partial charge in [-0.2, -0.15) is 0 Å². The van der Waals surface area contributed by atoms with Gasteiger partial charge in [0.2, 0.25) is 0 Å². The number of ether oxygens (including phenoxy) is 1. The standard InChI is InChI=1S/C12H13N3O3/c13-4-5-18-9-3-1-2-8(6-9)10-7-11(16)15-12(17)14-10/h1-3,6-7H,4-5,13H2,(H2,14,15,16,17). The van der Waals surface area contributed by atoms with Crippen LogP contribution in [0.2, 0.25) is 0 Å². The van der Waals surface area contributed by atoms with E-state index in [9.17, 15) is 9.59 Å². The van der Waals surface area contributed by atoms with E-state index in [4.69, 9.17) is 10.5 Å². The van der Waals surface area contributed by atoms with Crippen molar-refractivity contribution >= 4 is 0 Å². The summed E-state index contributed by atoms with van der Waals surface area (Å²) in [6, 6.07) is 8.40. The minimum atomic E-state index is -0.536. The fraction of sp³-hybridized carbons (Fsp3) is 0.167. The molecule has 0 aliphatic heterocycles. The minimum absolute atomic E-state index is 0.412. The monoisotopic (exact) mass is 247 g/mol. The fourth-order valence-corrected chi connectivity index (χ4v) is 1.55. The third-order valence-electron chi connectivity index (χ3n) is 2.29.